The second-order valence-corrected chi connectivity index (χ2v) is 0. The largest absolute Gasteiger partial charge is 0.412 e. The van der Waals surface area contributed by atoms with E-state index in [-0.39, 0.29) is 57.5 Å². The van der Waals surface area contributed by atoms with Crippen molar-refractivity contribution < 1.29 is 15.4 Å². The molecule has 0 aliphatic carbocycles. The molecule has 3 nitrogen and oxygen atoms in total. The van der Waals surface area contributed by atoms with Crippen LogP contribution in [0.4, 0.5) is 0 Å². The first-order valence-corrected chi connectivity index (χ1v) is 0.736. The molecule has 0 bridgehead atoms. The first-order valence-electron chi connectivity index (χ1n) is 0.736. The summed E-state index contributed by atoms with van der Waals surface area (Å²) in [7, 11) is 1.00. The molecule has 0 amide bonds. The van der Waals surface area contributed by atoms with Crippen LogP contribution in [0.3, 0.4) is 0 Å². The van der Waals surface area contributed by atoms with Gasteiger partial charge in [-0.05, 0) is 0 Å². The van der Waals surface area contributed by atoms with Crippen molar-refractivity contribution in [3.8, 4) is 0 Å². The van der Waals surface area contributed by atoms with Crippen LogP contribution in [0.25, 0.3) is 0 Å². The van der Waals surface area contributed by atoms with Crippen LogP contribution in [0.1, 0.15) is 52.0 Å². The lowest BCUT2D eigenvalue weighted by Crippen LogP contribution is -1.25. The molecular formula is C9H36O3. The van der Waals surface area contributed by atoms with Gasteiger partial charge in [0.1, 0.15) is 6.79 Å². The molecule has 0 aliphatic rings. The maximum absolute atomic E-state index is 8.00. The molecule has 0 unspecified atom stereocenters. The summed E-state index contributed by atoms with van der Waals surface area (Å²) in [4.78, 5) is 8.00. The second kappa shape index (κ2) is 5790. The summed E-state index contributed by atoms with van der Waals surface area (Å²) in [6, 6.07) is 0. The van der Waals surface area contributed by atoms with E-state index in [0.29, 0.717) is 0 Å². The zero-order valence-corrected chi connectivity index (χ0v) is 3.06. The summed E-state index contributed by atoms with van der Waals surface area (Å²) in [5.74, 6) is 0. The fourth-order valence-electron chi connectivity index (χ4n) is 0. The number of aliphatic hydroxyl groups excluding tert-OH is 1. The molecule has 3 heteroatoms. The van der Waals surface area contributed by atoms with E-state index < -0.39 is 0 Å². The van der Waals surface area contributed by atoms with E-state index in [1.165, 1.54) is 0 Å². The molecule has 0 aliphatic heterocycles. The molecule has 0 aromatic rings. The van der Waals surface area contributed by atoms with Crippen LogP contribution >= 0.6 is 0 Å². The molecule has 0 fully saturated rings. The van der Waals surface area contributed by atoms with E-state index in [2.05, 4.69) is 0 Å². The van der Waals surface area contributed by atoms with Crippen LogP contribution in [0.15, 0.2) is 0 Å². The molecule has 0 saturated heterocycles. The number of aliphatic hydroxyl groups is 1. The van der Waals surface area contributed by atoms with Gasteiger partial charge in [-0.3, -0.25) is 0 Å². The van der Waals surface area contributed by atoms with Gasteiger partial charge in [0, 0.05) is 7.11 Å². The maximum atomic E-state index is 8.00. The van der Waals surface area contributed by atoms with E-state index in [1.807, 2.05) is 6.79 Å². The minimum atomic E-state index is 0. The Morgan fingerprint density at radius 2 is 0.667 bits per heavy atom. The zero-order chi connectivity index (χ0) is 4.00. The van der Waals surface area contributed by atoms with Gasteiger partial charge in [-0.2, -0.15) is 0 Å². The monoisotopic (exact) mass is 192 g/mol. The molecule has 0 radical (unpaired) electrons. The van der Waals surface area contributed by atoms with Crippen molar-refractivity contribution >= 4 is 6.79 Å². The summed E-state index contributed by atoms with van der Waals surface area (Å²) < 4.78 is 0. The Labute approximate surface area is 82.1 Å². The molecule has 12 heavy (non-hydrogen) atoms. The van der Waals surface area contributed by atoms with Crippen molar-refractivity contribution in [1.82, 2.24) is 0 Å². The van der Waals surface area contributed by atoms with Gasteiger partial charge in [-0.25, -0.2) is 0 Å². The lowest BCUT2D eigenvalue weighted by Gasteiger charge is -1.21. The van der Waals surface area contributed by atoms with Crippen molar-refractivity contribution in [1.29, 1.82) is 0 Å². The Bertz CT molecular complexity index is 9.74. The Hall–Kier alpha value is -0.410. The van der Waals surface area contributed by atoms with E-state index in [4.69, 9.17) is 9.90 Å². The molecule has 0 aromatic carbocycles. The van der Waals surface area contributed by atoms with Crippen LogP contribution in [0.5, 0.6) is 0 Å². The number of rotatable bonds is 0. The normalized spacial score (nSPS) is 0.833. The maximum Gasteiger partial charge on any atom is 0.106 e. The molecule has 0 saturated carbocycles. The Kier molecular flexibility index (Phi) is 248000. The number of carbonyl (C=O) groups is 1. The summed E-state index contributed by atoms with van der Waals surface area (Å²) in [5.41, 5.74) is 0. The molecule has 90 valence electrons. The minimum absolute atomic E-state index is 0. The average Bonchev–Trinajstić information content (AvgIpc) is 1.50. The molecule has 0 rings (SSSR count). The molecule has 0 spiro atoms. The van der Waals surface area contributed by atoms with Crippen molar-refractivity contribution in [3.63, 3.8) is 0 Å². The molecule has 0 atom stereocenters. The third-order valence-electron chi connectivity index (χ3n) is 0. The first-order chi connectivity index (χ1) is 2.00. The predicted octanol–water partition coefficient (Wildman–Crippen LogP) is 3.05. The van der Waals surface area contributed by atoms with Crippen LogP contribution in [-0.4, -0.2) is 24.5 Å². The standard InChI is InChI=1S/CH4O.CH2O.7CH4.H2O/c2*1-2;;;;;;;;/h2H,1H3;1H2;7*1H4;1H2. The predicted molar refractivity (Wildman–Crippen MR) is 66.0 cm³/mol. The third kappa shape index (κ3) is 4210. The van der Waals surface area contributed by atoms with E-state index in [1.54, 1.807) is 0 Å². The average molecular weight is 192 g/mol. The van der Waals surface area contributed by atoms with Crippen molar-refractivity contribution in [3.05, 3.63) is 0 Å². The highest BCUT2D eigenvalue weighted by Crippen LogP contribution is 0.755. The molecule has 0 heterocycles. The van der Waals surface area contributed by atoms with Gasteiger partial charge in [-0.1, -0.05) is 52.0 Å². The van der Waals surface area contributed by atoms with Gasteiger partial charge >= 0.3 is 0 Å². The Morgan fingerprint density at radius 1 is 0.667 bits per heavy atom. The van der Waals surface area contributed by atoms with Crippen LogP contribution < -0.4 is 0 Å². The number of hydrogen-bond acceptors (Lipinski definition) is 2. The van der Waals surface area contributed by atoms with Gasteiger partial charge < -0.3 is 15.4 Å². The van der Waals surface area contributed by atoms with Gasteiger partial charge in [0.25, 0.3) is 0 Å². The summed E-state index contributed by atoms with van der Waals surface area (Å²) in [6.45, 7) is 2.00. The first kappa shape index (κ1) is 514. The highest BCUT2D eigenvalue weighted by atomic mass is 16.2. The van der Waals surface area contributed by atoms with Crippen LogP contribution in [-0.2, 0) is 4.79 Å². The third-order valence-corrected chi connectivity index (χ3v) is 0. The second-order valence-electron chi connectivity index (χ2n) is 0. The highest BCUT2D eigenvalue weighted by molar-refractivity contribution is 5.10. The van der Waals surface area contributed by atoms with E-state index in [0.717, 1.165) is 7.11 Å². The fourth-order valence-corrected chi connectivity index (χ4v) is 0. The molecule has 0 aromatic heterocycles. The fraction of sp³-hybridized carbons (Fsp3) is 0.889. The van der Waals surface area contributed by atoms with Crippen molar-refractivity contribution in [2.75, 3.05) is 7.11 Å². The molecular weight excluding hydrogens is 156 g/mol. The van der Waals surface area contributed by atoms with E-state index >= 15 is 0 Å². The number of hydrogen-bond donors (Lipinski definition) is 1. The minimum Gasteiger partial charge on any atom is -0.412 e. The topological polar surface area (TPSA) is 68.8 Å². The van der Waals surface area contributed by atoms with Gasteiger partial charge in [0.15, 0.2) is 0 Å². The lowest BCUT2D eigenvalue weighted by atomic mass is 11.8. The SMILES string of the molecule is C.C.C.C.C.C.C.C=O.CO.O. The van der Waals surface area contributed by atoms with Gasteiger partial charge in [0.2, 0.25) is 0 Å². The summed E-state index contributed by atoms with van der Waals surface area (Å²) >= 11 is 0. The Morgan fingerprint density at radius 3 is 0.667 bits per heavy atom. The van der Waals surface area contributed by atoms with Crippen LogP contribution in [0.2, 0.25) is 0 Å². The number of carbonyl (C=O) groups excluding carboxylic acids is 1. The summed E-state index contributed by atoms with van der Waals surface area (Å²) in [6.07, 6.45) is 0. The van der Waals surface area contributed by atoms with Gasteiger partial charge in [-0.15, -0.1) is 0 Å². The zero-order valence-electron chi connectivity index (χ0n) is 3.06. The van der Waals surface area contributed by atoms with Crippen molar-refractivity contribution in [2.24, 2.45) is 0 Å². The van der Waals surface area contributed by atoms with Crippen molar-refractivity contribution in [2.45, 2.75) is 52.0 Å². The summed E-state index contributed by atoms with van der Waals surface area (Å²) in [5, 5.41) is 7.00. The van der Waals surface area contributed by atoms with Gasteiger partial charge in [0.05, 0.1) is 0 Å². The van der Waals surface area contributed by atoms with E-state index in [9.17, 15) is 0 Å². The molecule has 3 N–H and O–H groups in total. The van der Waals surface area contributed by atoms with Crippen LogP contribution in [0, 0.1) is 0 Å². The Balaban J connectivity index is -0.000000000500. The highest BCUT2D eigenvalue weighted by Gasteiger charge is 0.839. The lowest BCUT2D eigenvalue weighted by molar-refractivity contribution is -0.0979. The quantitative estimate of drug-likeness (QED) is 0.641. The smallest absolute Gasteiger partial charge is 0.106 e.